The van der Waals surface area contributed by atoms with Crippen LogP contribution in [-0.4, -0.2) is 16.0 Å². The van der Waals surface area contributed by atoms with Crippen molar-refractivity contribution in [2.24, 2.45) is 0 Å². The molecule has 0 aliphatic carbocycles. The number of hydrogen-bond acceptors (Lipinski definition) is 6. The van der Waals surface area contributed by atoms with Crippen molar-refractivity contribution in [1.29, 1.82) is 0 Å². The van der Waals surface area contributed by atoms with Gasteiger partial charge in [0.15, 0.2) is 0 Å². The third-order valence-electron chi connectivity index (χ3n) is 3.27. The van der Waals surface area contributed by atoms with E-state index in [4.69, 9.17) is 4.52 Å². The average Bonchev–Trinajstić information content (AvgIpc) is 3.19. The Morgan fingerprint density at radius 2 is 2.17 bits per heavy atom. The van der Waals surface area contributed by atoms with Crippen LogP contribution in [0, 0.1) is 13.8 Å². The van der Waals surface area contributed by atoms with Crippen molar-refractivity contribution in [3.8, 4) is 0 Å². The molecule has 24 heavy (non-hydrogen) atoms. The average molecular weight is 359 g/mol. The number of hydrogen-bond donors (Lipinski definition) is 1. The van der Waals surface area contributed by atoms with Crippen molar-refractivity contribution >= 4 is 29.0 Å². The standard InChI is InChI=1S/C17H17N3O2S2/c1-11-7-13(22-20-11)10-23-16-6-4-3-5-15(16)17(21)19-9-14-8-18-12(2)24-14/h3-8H,9-10H2,1-2H3,(H,19,21). The summed E-state index contributed by atoms with van der Waals surface area (Å²) in [7, 11) is 0. The van der Waals surface area contributed by atoms with Gasteiger partial charge in [-0.1, -0.05) is 17.3 Å². The maximum Gasteiger partial charge on any atom is 0.252 e. The van der Waals surface area contributed by atoms with Crippen LogP contribution in [0.25, 0.3) is 0 Å². The van der Waals surface area contributed by atoms with E-state index in [0.717, 1.165) is 26.2 Å². The lowest BCUT2D eigenvalue weighted by molar-refractivity contribution is 0.0948. The molecule has 3 rings (SSSR count). The number of amides is 1. The summed E-state index contributed by atoms with van der Waals surface area (Å²) in [5, 5.41) is 7.83. The second-order valence-corrected chi connectivity index (χ2v) is 7.58. The Balaban J connectivity index is 1.65. The van der Waals surface area contributed by atoms with Gasteiger partial charge in [0.05, 0.1) is 28.6 Å². The number of aromatic nitrogens is 2. The molecule has 1 aromatic carbocycles. The Hall–Kier alpha value is -2.12. The third kappa shape index (κ3) is 4.24. The Labute approximate surface area is 148 Å². The summed E-state index contributed by atoms with van der Waals surface area (Å²) in [4.78, 5) is 18.6. The summed E-state index contributed by atoms with van der Waals surface area (Å²) < 4.78 is 5.22. The SMILES string of the molecule is Cc1cc(CSc2ccccc2C(=O)NCc2cnc(C)s2)on1. The maximum atomic E-state index is 12.5. The van der Waals surface area contributed by atoms with Crippen LogP contribution < -0.4 is 5.32 Å². The number of benzene rings is 1. The van der Waals surface area contributed by atoms with Crippen molar-refractivity contribution in [3.63, 3.8) is 0 Å². The van der Waals surface area contributed by atoms with Crippen molar-refractivity contribution in [3.05, 3.63) is 63.4 Å². The quantitative estimate of drug-likeness (QED) is 0.675. The fourth-order valence-electron chi connectivity index (χ4n) is 2.16. The van der Waals surface area contributed by atoms with Gasteiger partial charge in [-0.3, -0.25) is 4.79 Å². The number of aryl methyl sites for hydroxylation is 2. The number of nitrogens with zero attached hydrogens (tertiary/aromatic N) is 2. The summed E-state index contributed by atoms with van der Waals surface area (Å²) in [5.74, 6) is 1.35. The molecule has 0 atom stereocenters. The van der Waals surface area contributed by atoms with Gasteiger partial charge in [-0.25, -0.2) is 4.98 Å². The van der Waals surface area contributed by atoms with E-state index in [9.17, 15) is 4.79 Å². The highest BCUT2D eigenvalue weighted by atomic mass is 32.2. The van der Waals surface area contributed by atoms with Gasteiger partial charge in [-0.05, 0) is 26.0 Å². The molecule has 2 heterocycles. The zero-order chi connectivity index (χ0) is 16.9. The highest BCUT2D eigenvalue weighted by molar-refractivity contribution is 7.98. The molecular weight excluding hydrogens is 342 g/mol. The normalized spacial score (nSPS) is 10.8. The number of rotatable bonds is 6. The van der Waals surface area contributed by atoms with Gasteiger partial charge in [0.1, 0.15) is 5.76 Å². The van der Waals surface area contributed by atoms with E-state index in [1.807, 2.05) is 44.2 Å². The van der Waals surface area contributed by atoms with Crippen molar-refractivity contribution in [1.82, 2.24) is 15.5 Å². The van der Waals surface area contributed by atoms with Crippen LogP contribution in [0.1, 0.15) is 31.7 Å². The number of thioether (sulfide) groups is 1. The molecule has 0 aliphatic rings. The maximum absolute atomic E-state index is 12.5. The first-order valence-electron chi connectivity index (χ1n) is 7.45. The van der Waals surface area contributed by atoms with Crippen molar-refractivity contribution < 1.29 is 9.32 Å². The molecule has 0 saturated heterocycles. The number of carbonyl (C=O) groups is 1. The Kier molecular flexibility index (Phi) is 5.32. The number of carbonyl (C=O) groups excluding carboxylic acids is 1. The first-order chi connectivity index (χ1) is 11.6. The first kappa shape index (κ1) is 16.7. The zero-order valence-corrected chi connectivity index (χ0v) is 15.0. The third-order valence-corrected chi connectivity index (χ3v) is 5.28. The van der Waals surface area contributed by atoms with Crippen molar-refractivity contribution in [2.75, 3.05) is 0 Å². The summed E-state index contributed by atoms with van der Waals surface area (Å²) >= 11 is 3.15. The van der Waals surface area contributed by atoms with Gasteiger partial charge >= 0.3 is 0 Å². The molecule has 0 spiro atoms. The number of nitrogens with one attached hydrogen (secondary N) is 1. The predicted octanol–water partition coefficient (Wildman–Crippen LogP) is 3.97. The minimum Gasteiger partial charge on any atom is -0.360 e. The van der Waals surface area contributed by atoms with Gasteiger partial charge in [0, 0.05) is 22.0 Å². The Morgan fingerprint density at radius 1 is 1.33 bits per heavy atom. The largest absolute Gasteiger partial charge is 0.360 e. The van der Waals surface area contributed by atoms with Crippen LogP contribution in [0.5, 0.6) is 0 Å². The molecule has 2 aromatic heterocycles. The van der Waals surface area contributed by atoms with Gasteiger partial charge in [0.25, 0.3) is 5.91 Å². The molecule has 0 unspecified atom stereocenters. The molecule has 5 nitrogen and oxygen atoms in total. The topological polar surface area (TPSA) is 68.0 Å². The summed E-state index contributed by atoms with van der Waals surface area (Å²) in [6, 6.07) is 9.48. The minimum atomic E-state index is -0.0853. The summed E-state index contributed by atoms with van der Waals surface area (Å²) in [6.45, 7) is 4.33. The van der Waals surface area contributed by atoms with Gasteiger partial charge < -0.3 is 9.84 Å². The molecule has 3 aromatic rings. The Morgan fingerprint density at radius 3 is 2.88 bits per heavy atom. The summed E-state index contributed by atoms with van der Waals surface area (Å²) in [5.41, 5.74) is 1.52. The summed E-state index contributed by atoms with van der Waals surface area (Å²) in [6.07, 6.45) is 1.80. The van der Waals surface area contributed by atoms with E-state index in [-0.39, 0.29) is 5.91 Å². The van der Waals surface area contributed by atoms with E-state index in [1.54, 1.807) is 29.3 Å². The molecule has 0 aliphatic heterocycles. The molecule has 0 bridgehead atoms. The predicted molar refractivity (Wildman–Crippen MR) is 95.3 cm³/mol. The fourth-order valence-corrected chi connectivity index (χ4v) is 3.82. The molecule has 0 radical (unpaired) electrons. The lowest BCUT2D eigenvalue weighted by Gasteiger charge is -2.08. The Bertz CT molecular complexity index is 842. The van der Waals surface area contributed by atoms with E-state index >= 15 is 0 Å². The lowest BCUT2D eigenvalue weighted by Crippen LogP contribution is -2.22. The molecule has 7 heteroatoms. The van der Waals surface area contributed by atoms with Crippen LogP contribution in [0.3, 0.4) is 0 Å². The van der Waals surface area contributed by atoms with Crippen LogP contribution in [0.4, 0.5) is 0 Å². The molecule has 1 N–H and O–H groups in total. The molecular formula is C17H17N3O2S2. The highest BCUT2D eigenvalue weighted by Gasteiger charge is 2.12. The second kappa shape index (κ2) is 7.63. The zero-order valence-electron chi connectivity index (χ0n) is 13.4. The van der Waals surface area contributed by atoms with Crippen LogP contribution in [-0.2, 0) is 12.3 Å². The second-order valence-electron chi connectivity index (χ2n) is 5.25. The van der Waals surface area contributed by atoms with E-state index < -0.39 is 0 Å². The van der Waals surface area contributed by atoms with Crippen molar-refractivity contribution in [2.45, 2.75) is 31.0 Å². The lowest BCUT2D eigenvalue weighted by atomic mass is 10.2. The van der Waals surface area contributed by atoms with E-state index in [1.165, 1.54) is 0 Å². The van der Waals surface area contributed by atoms with E-state index in [0.29, 0.717) is 17.9 Å². The fraction of sp³-hybridized carbons (Fsp3) is 0.235. The molecule has 0 fully saturated rings. The monoisotopic (exact) mass is 359 g/mol. The van der Waals surface area contributed by atoms with Crippen LogP contribution in [0.2, 0.25) is 0 Å². The number of thiazole rings is 1. The molecule has 0 saturated carbocycles. The molecule has 1 amide bonds. The first-order valence-corrected chi connectivity index (χ1v) is 9.25. The highest BCUT2D eigenvalue weighted by Crippen LogP contribution is 2.26. The van der Waals surface area contributed by atoms with Gasteiger partial charge in [-0.2, -0.15) is 0 Å². The van der Waals surface area contributed by atoms with Crippen LogP contribution in [0.15, 0.2) is 45.9 Å². The molecule has 124 valence electrons. The van der Waals surface area contributed by atoms with Gasteiger partial charge in [0.2, 0.25) is 0 Å². The van der Waals surface area contributed by atoms with Gasteiger partial charge in [-0.15, -0.1) is 23.1 Å². The smallest absolute Gasteiger partial charge is 0.252 e. The minimum absolute atomic E-state index is 0.0853. The van der Waals surface area contributed by atoms with Crippen LogP contribution >= 0.6 is 23.1 Å². The van der Waals surface area contributed by atoms with E-state index in [2.05, 4.69) is 15.5 Å².